The second kappa shape index (κ2) is 8.29. The van der Waals surface area contributed by atoms with Crippen LogP contribution in [0.25, 0.3) is 64.7 Å². The highest BCUT2D eigenvalue weighted by molar-refractivity contribution is 7.21. The third kappa shape index (κ3) is 3.35. The van der Waals surface area contributed by atoms with Gasteiger partial charge in [0, 0.05) is 22.7 Å². The smallest absolute Gasteiger partial charge is 0.128 e. The zero-order valence-electron chi connectivity index (χ0n) is 19.2. The van der Waals surface area contributed by atoms with Gasteiger partial charge in [0.15, 0.2) is 0 Å². The number of phenolic OH excluding ortho intramolecular Hbond substituents is 1. The maximum absolute atomic E-state index is 10.4. The number of hydrogen-bond donors (Lipinski definition) is 1. The van der Waals surface area contributed by atoms with Gasteiger partial charge < -0.3 is 5.11 Å². The molecule has 0 fully saturated rings. The van der Waals surface area contributed by atoms with Gasteiger partial charge in [-0.1, -0.05) is 72.8 Å². The zero-order valence-corrected chi connectivity index (χ0v) is 20.0. The van der Waals surface area contributed by atoms with Gasteiger partial charge in [-0.25, -0.2) is 4.98 Å². The Bertz CT molecular complexity index is 1920. The Hall–Kier alpha value is -4.54. The lowest BCUT2D eigenvalue weighted by Crippen LogP contribution is -1.90. The molecule has 2 aromatic heterocycles. The minimum atomic E-state index is 0.244. The second-order valence-corrected chi connectivity index (χ2v) is 9.84. The molecule has 7 aromatic rings. The first kappa shape index (κ1) is 20.8. The standard InChI is InChI=1S/C32H20N2OS/c35-28-14-6-5-12-26(28)32-34-31-25(13-7-15-29(31)36-32)22-18-21-9-2-3-10-23(21)27(19-22)30-24-11-4-1-8-20(24)16-17-33-30/h1-19,35H. The number of para-hydroxylation sites is 2. The van der Waals surface area contributed by atoms with Crippen LogP contribution in [-0.2, 0) is 0 Å². The highest BCUT2D eigenvalue weighted by Crippen LogP contribution is 2.41. The van der Waals surface area contributed by atoms with E-state index in [4.69, 9.17) is 9.97 Å². The van der Waals surface area contributed by atoms with Gasteiger partial charge in [0.2, 0.25) is 0 Å². The van der Waals surface area contributed by atoms with E-state index in [1.807, 2.05) is 24.4 Å². The lowest BCUT2D eigenvalue weighted by atomic mass is 9.93. The largest absolute Gasteiger partial charge is 0.507 e. The lowest BCUT2D eigenvalue weighted by Gasteiger charge is -2.13. The highest BCUT2D eigenvalue weighted by Gasteiger charge is 2.16. The molecule has 0 bridgehead atoms. The van der Waals surface area contributed by atoms with Crippen molar-refractivity contribution in [3.05, 3.63) is 115 Å². The average molecular weight is 481 g/mol. The van der Waals surface area contributed by atoms with Crippen molar-refractivity contribution in [2.24, 2.45) is 0 Å². The molecule has 7 rings (SSSR count). The minimum absolute atomic E-state index is 0.244. The number of hydrogen-bond acceptors (Lipinski definition) is 4. The number of thiazole rings is 1. The molecule has 0 aliphatic heterocycles. The molecule has 0 saturated carbocycles. The van der Waals surface area contributed by atoms with Crippen LogP contribution in [0, 0.1) is 0 Å². The van der Waals surface area contributed by atoms with Gasteiger partial charge in [0.05, 0.1) is 21.5 Å². The number of phenols is 1. The molecule has 0 unspecified atom stereocenters. The van der Waals surface area contributed by atoms with Crippen molar-refractivity contribution < 1.29 is 5.11 Å². The summed E-state index contributed by atoms with van der Waals surface area (Å²) in [6, 6.07) is 37.1. The van der Waals surface area contributed by atoms with E-state index in [0.29, 0.717) is 0 Å². The first-order chi connectivity index (χ1) is 17.8. The molecule has 0 saturated heterocycles. The normalized spacial score (nSPS) is 11.4. The van der Waals surface area contributed by atoms with Crippen molar-refractivity contribution in [1.82, 2.24) is 9.97 Å². The van der Waals surface area contributed by atoms with Gasteiger partial charge in [0.1, 0.15) is 10.8 Å². The first-order valence-electron chi connectivity index (χ1n) is 11.8. The predicted molar refractivity (Wildman–Crippen MR) is 150 cm³/mol. The summed E-state index contributed by atoms with van der Waals surface area (Å²) in [6.07, 6.45) is 1.89. The second-order valence-electron chi connectivity index (χ2n) is 8.81. The Morgan fingerprint density at radius 1 is 0.611 bits per heavy atom. The topological polar surface area (TPSA) is 46.0 Å². The molecule has 0 radical (unpaired) electrons. The molecule has 170 valence electrons. The van der Waals surface area contributed by atoms with E-state index < -0.39 is 0 Å². The van der Waals surface area contributed by atoms with E-state index in [1.54, 1.807) is 17.4 Å². The Labute approximate surface area is 212 Å². The molecule has 4 heteroatoms. The van der Waals surface area contributed by atoms with E-state index in [1.165, 1.54) is 10.8 Å². The Balaban J connectivity index is 1.49. The Kier molecular flexibility index (Phi) is 4.79. The van der Waals surface area contributed by atoms with Gasteiger partial charge in [-0.3, -0.25) is 4.98 Å². The Morgan fingerprint density at radius 3 is 2.25 bits per heavy atom. The third-order valence-corrected chi connectivity index (χ3v) is 7.71. The number of pyridine rings is 1. The molecule has 0 amide bonds. The summed E-state index contributed by atoms with van der Waals surface area (Å²) < 4.78 is 1.09. The summed E-state index contributed by atoms with van der Waals surface area (Å²) in [4.78, 5) is 9.83. The van der Waals surface area contributed by atoms with Crippen molar-refractivity contribution >= 4 is 43.1 Å². The molecule has 0 aliphatic rings. The number of rotatable bonds is 3. The third-order valence-electron chi connectivity index (χ3n) is 6.66. The van der Waals surface area contributed by atoms with Crippen LogP contribution in [0.2, 0.25) is 0 Å². The van der Waals surface area contributed by atoms with E-state index in [0.717, 1.165) is 53.9 Å². The predicted octanol–water partition coefficient (Wildman–Crippen LogP) is 8.70. The minimum Gasteiger partial charge on any atom is -0.507 e. The van der Waals surface area contributed by atoms with Crippen molar-refractivity contribution in [1.29, 1.82) is 0 Å². The first-order valence-corrected chi connectivity index (χ1v) is 12.6. The molecular formula is C32H20N2OS. The van der Waals surface area contributed by atoms with E-state index in [-0.39, 0.29) is 5.75 Å². The fourth-order valence-corrected chi connectivity index (χ4v) is 5.97. The van der Waals surface area contributed by atoms with Crippen molar-refractivity contribution in [2.75, 3.05) is 0 Å². The van der Waals surface area contributed by atoms with Crippen LogP contribution in [-0.4, -0.2) is 15.1 Å². The van der Waals surface area contributed by atoms with E-state index in [9.17, 15) is 5.11 Å². The molecule has 3 nitrogen and oxygen atoms in total. The SMILES string of the molecule is Oc1ccccc1-c1nc2c(-c3cc(-c4nccc5ccccc45)c4ccccc4c3)cccc2s1. The van der Waals surface area contributed by atoms with Gasteiger partial charge in [-0.15, -0.1) is 11.3 Å². The van der Waals surface area contributed by atoms with Crippen molar-refractivity contribution in [3.8, 4) is 38.7 Å². The monoisotopic (exact) mass is 480 g/mol. The Morgan fingerprint density at radius 2 is 1.36 bits per heavy atom. The zero-order chi connectivity index (χ0) is 24.1. The summed E-state index contributed by atoms with van der Waals surface area (Å²) in [5, 5.41) is 15.9. The molecule has 0 atom stereocenters. The van der Waals surface area contributed by atoms with E-state index >= 15 is 0 Å². The summed E-state index contributed by atoms with van der Waals surface area (Å²) in [6.45, 7) is 0. The molecule has 0 aliphatic carbocycles. The fourth-order valence-electron chi connectivity index (χ4n) is 4.95. The molecule has 5 aromatic carbocycles. The molecule has 1 N–H and O–H groups in total. The summed E-state index contributed by atoms with van der Waals surface area (Å²) in [5.74, 6) is 0.244. The molecule has 0 spiro atoms. The number of aromatic hydroxyl groups is 1. The van der Waals surface area contributed by atoms with Crippen LogP contribution in [0.4, 0.5) is 0 Å². The molecular weight excluding hydrogens is 460 g/mol. The fraction of sp³-hybridized carbons (Fsp3) is 0. The van der Waals surface area contributed by atoms with Crippen LogP contribution < -0.4 is 0 Å². The average Bonchev–Trinajstić information content (AvgIpc) is 3.37. The van der Waals surface area contributed by atoms with Gasteiger partial charge in [0.25, 0.3) is 0 Å². The summed E-state index contributed by atoms with van der Waals surface area (Å²) in [5.41, 5.74) is 5.94. The van der Waals surface area contributed by atoms with Crippen LogP contribution in [0.1, 0.15) is 0 Å². The maximum atomic E-state index is 10.4. The molecule has 36 heavy (non-hydrogen) atoms. The highest BCUT2D eigenvalue weighted by atomic mass is 32.1. The number of benzene rings is 5. The van der Waals surface area contributed by atoms with E-state index in [2.05, 4.69) is 84.9 Å². The van der Waals surface area contributed by atoms with Crippen LogP contribution in [0.5, 0.6) is 5.75 Å². The van der Waals surface area contributed by atoms with Gasteiger partial charge in [-0.2, -0.15) is 0 Å². The molecule has 2 heterocycles. The summed E-state index contributed by atoms with van der Waals surface area (Å²) >= 11 is 1.60. The number of fused-ring (bicyclic) bond motifs is 3. The quantitative estimate of drug-likeness (QED) is 0.275. The number of nitrogens with zero attached hydrogens (tertiary/aromatic N) is 2. The van der Waals surface area contributed by atoms with Gasteiger partial charge >= 0.3 is 0 Å². The van der Waals surface area contributed by atoms with Crippen LogP contribution in [0.15, 0.2) is 115 Å². The van der Waals surface area contributed by atoms with Gasteiger partial charge in [-0.05, 0) is 58.1 Å². The van der Waals surface area contributed by atoms with Crippen LogP contribution in [0.3, 0.4) is 0 Å². The number of aromatic nitrogens is 2. The summed E-state index contributed by atoms with van der Waals surface area (Å²) in [7, 11) is 0. The lowest BCUT2D eigenvalue weighted by molar-refractivity contribution is 0.477. The van der Waals surface area contributed by atoms with Crippen molar-refractivity contribution in [3.63, 3.8) is 0 Å². The van der Waals surface area contributed by atoms with Crippen LogP contribution >= 0.6 is 11.3 Å². The van der Waals surface area contributed by atoms with Crippen molar-refractivity contribution in [2.45, 2.75) is 0 Å². The maximum Gasteiger partial charge on any atom is 0.128 e.